The van der Waals surface area contributed by atoms with Crippen molar-refractivity contribution in [1.82, 2.24) is 15.6 Å². The van der Waals surface area contributed by atoms with E-state index in [-0.39, 0.29) is 41.8 Å². The van der Waals surface area contributed by atoms with Crippen LogP contribution < -0.4 is 15.5 Å². The smallest absolute Gasteiger partial charge is 0.305 e. The molecule has 1 aliphatic rings. The molecule has 2 heterocycles. The molecule has 9 heteroatoms. The van der Waals surface area contributed by atoms with Crippen LogP contribution in [0.25, 0.3) is 0 Å². The molecule has 7 nitrogen and oxygen atoms in total. The minimum atomic E-state index is -0.277. The van der Waals surface area contributed by atoms with Gasteiger partial charge in [-0.1, -0.05) is 19.3 Å². The number of halogens is 2. The molecule has 1 fully saturated rings. The highest BCUT2D eigenvalue weighted by molar-refractivity contribution is 14.0. The van der Waals surface area contributed by atoms with Crippen molar-refractivity contribution in [2.75, 3.05) is 37.7 Å². The molecular weight excluding hydrogens is 512 g/mol. The number of pyridine rings is 1. The molecule has 2 rings (SSSR count). The van der Waals surface area contributed by atoms with Gasteiger partial charge >= 0.3 is 5.97 Å². The number of esters is 1. The average Bonchev–Trinajstić information content (AvgIpc) is 3.19. The molecule has 1 aromatic rings. The van der Waals surface area contributed by atoms with Gasteiger partial charge in [-0.3, -0.25) is 9.79 Å². The van der Waals surface area contributed by atoms with E-state index >= 15 is 0 Å². The number of unbranched alkanes of at least 4 members (excludes halogenated alkanes) is 4. The molecule has 31 heavy (non-hydrogen) atoms. The summed E-state index contributed by atoms with van der Waals surface area (Å²) in [5.41, 5.74) is 0. The highest BCUT2D eigenvalue weighted by Crippen LogP contribution is 2.20. The lowest BCUT2D eigenvalue weighted by molar-refractivity contribution is -0.143. The van der Waals surface area contributed by atoms with Crippen LogP contribution in [0.1, 0.15) is 58.8 Å². The first kappa shape index (κ1) is 27.4. The Bertz CT molecular complexity index is 677. The zero-order chi connectivity index (χ0) is 21.6. The molecule has 1 unspecified atom stereocenters. The number of ether oxygens (including phenoxy) is 1. The van der Waals surface area contributed by atoms with Crippen molar-refractivity contribution in [3.05, 3.63) is 24.1 Å². The van der Waals surface area contributed by atoms with Crippen LogP contribution in [-0.4, -0.2) is 55.7 Å². The molecule has 1 aliphatic heterocycles. The summed E-state index contributed by atoms with van der Waals surface area (Å²) in [5.74, 6) is 0.862. The Labute approximate surface area is 202 Å². The Balaban J connectivity index is 0.00000480. The molecular formula is C22H37FIN5O2. The van der Waals surface area contributed by atoms with E-state index in [1.165, 1.54) is 6.07 Å². The normalized spacial score (nSPS) is 16.0. The first-order valence-electron chi connectivity index (χ1n) is 11.2. The highest BCUT2D eigenvalue weighted by Gasteiger charge is 2.25. The molecule has 2 N–H and O–H groups in total. The van der Waals surface area contributed by atoms with Gasteiger partial charge in [0.1, 0.15) is 0 Å². The number of aromatic nitrogens is 1. The summed E-state index contributed by atoms with van der Waals surface area (Å²) in [6, 6.07) is 3.28. The molecule has 1 saturated heterocycles. The highest BCUT2D eigenvalue weighted by atomic mass is 127. The zero-order valence-corrected chi connectivity index (χ0v) is 21.1. The van der Waals surface area contributed by atoms with E-state index in [2.05, 4.69) is 20.6 Å². The van der Waals surface area contributed by atoms with Gasteiger partial charge in [0.05, 0.1) is 6.61 Å². The molecule has 1 atom stereocenters. The van der Waals surface area contributed by atoms with Crippen LogP contribution in [0.3, 0.4) is 0 Å². The number of guanidine groups is 1. The van der Waals surface area contributed by atoms with Gasteiger partial charge < -0.3 is 20.3 Å². The SMILES string of the molecule is CCNC(=NCCCCCCCC(=O)OCC)NC1CCN(c2ncccc2F)C1.I. The van der Waals surface area contributed by atoms with E-state index in [0.717, 1.165) is 64.1 Å². The van der Waals surface area contributed by atoms with Crippen molar-refractivity contribution in [3.63, 3.8) is 0 Å². The number of nitrogens with one attached hydrogen (secondary N) is 2. The maximum atomic E-state index is 14.0. The number of anilines is 1. The van der Waals surface area contributed by atoms with E-state index in [1.54, 1.807) is 12.3 Å². The molecule has 0 spiro atoms. The van der Waals surface area contributed by atoms with Gasteiger partial charge in [0, 0.05) is 44.8 Å². The Morgan fingerprint density at radius 1 is 1.29 bits per heavy atom. The number of hydrogen-bond donors (Lipinski definition) is 2. The summed E-state index contributed by atoms with van der Waals surface area (Å²) in [6.45, 7) is 7.37. The van der Waals surface area contributed by atoms with Gasteiger partial charge in [-0.05, 0) is 45.2 Å². The maximum Gasteiger partial charge on any atom is 0.305 e. The molecule has 0 bridgehead atoms. The second-order valence-electron chi connectivity index (χ2n) is 7.47. The van der Waals surface area contributed by atoms with Crippen LogP contribution in [-0.2, 0) is 9.53 Å². The van der Waals surface area contributed by atoms with Gasteiger partial charge in [-0.25, -0.2) is 9.37 Å². The summed E-state index contributed by atoms with van der Waals surface area (Å²) in [7, 11) is 0. The lowest BCUT2D eigenvalue weighted by Crippen LogP contribution is -2.44. The second-order valence-corrected chi connectivity index (χ2v) is 7.47. The lowest BCUT2D eigenvalue weighted by Gasteiger charge is -2.19. The van der Waals surface area contributed by atoms with Crippen LogP contribution in [0.15, 0.2) is 23.3 Å². The average molecular weight is 549 g/mol. The maximum absolute atomic E-state index is 14.0. The monoisotopic (exact) mass is 549 g/mol. The summed E-state index contributed by atoms with van der Waals surface area (Å²) >= 11 is 0. The standard InChI is InChI=1S/C22H36FN5O2.HI/c1-3-24-22(26-14-9-7-5-6-8-12-20(29)30-4-2)27-18-13-16-28(17-18)21-19(23)11-10-15-25-21;/h10-11,15,18H,3-9,12-14,16-17H2,1-2H3,(H2,24,26,27);1H. The van der Waals surface area contributed by atoms with Crippen LogP contribution in [0.4, 0.5) is 10.2 Å². The van der Waals surface area contributed by atoms with Crippen LogP contribution >= 0.6 is 24.0 Å². The number of aliphatic imine (C=N–C) groups is 1. The molecule has 1 aromatic heterocycles. The van der Waals surface area contributed by atoms with Crippen molar-refractivity contribution in [1.29, 1.82) is 0 Å². The van der Waals surface area contributed by atoms with Gasteiger partial charge in [0.25, 0.3) is 0 Å². The Morgan fingerprint density at radius 2 is 2.06 bits per heavy atom. The fourth-order valence-corrected chi connectivity index (χ4v) is 3.53. The number of rotatable bonds is 12. The van der Waals surface area contributed by atoms with E-state index < -0.39 is 0 Å². The second kappa shape index (κ2) is 16.0. The quantitative estimate of drug-likeness (QED) is 0.136. The van der Waals surface area contributed by atoms with Crippen molar-refractivity contribution < 1.29 is 13.9 Å². The number of nitrogens with zero attached hydrogens (tertiary/aromatic N) is 3. The van der Waals surface area contributed by atoms with Crippen molar-refractivity contribution in [2.24, 2.45) is 4.99 Å². The molecule has 176 valence electrons. The van der Waals surface area contributed by atoms with Crippen LogP contribution in [0.5, 0.6) is 0 Å². The summed E-state index contributed by atoms with van der Waals surface area (Å²) in [5, 5.41) is 6.76. The first-order chi connectivity index (χ1) is 14.6. The Hall–Kier alpha value is -1.65. The van der Waals surface area contributed by atoms with Gasteiger partial charge in [0.15, 0.2) is 17.6 Å². The van der Waals surface area contributed by atoms with Gasteiger partial charge in [-0.2, -0.15) is 0 Å². The molecule has 0 amide bonds. The Kier molecular flexibility index (Phi) is 14.2. The predicted molar refractivity (Wildman–Crippen MR) is 134 cm³/mol. The number of carbonyl (C=O) groups is 1. The van der Waals surface area contributed by atoms with Crippen molar-refractivity contribution in [2.45, 2.75) is 64.8 Å². The lowest BCUT2D eigenvalue weighted by atomic mass is 10.1. The molecule has 0 aromatic carbocycles. The number of hydrogen-bond acceptors (Lipinski definition) is 5. The predicted octanol–water partition coefficient (Wildman–Crippen LogP) is 3.88. The fourth-order valence-electron chi connectivity index (χ4n) is 3.53. The third kappa shape index (κ3) is 10.5. The van der Waals surface area contributed by atoms with Crippen molar-refractivity contribution in [3.8, 4) is 0 Å². The molecule has 0 aliphatic carbocycles. The van der Waals surface area contributed by atoms with E-state index in [1.807, 2.05) is 18.7 Å². The number of carbonyl (C=O) groups excluding carboxylic acids is 1. The minimum absolute atomic E-state index is 0. The van der Waals surface area contributed by atoms with Gasteiger partial charge in [0.2, 0.25) is 0 Å². The third-order valence-corrected chi connectivity index (χ3v) is 5.03. The van der Waals surface area contributed by atoms with Crippen molar-refractivity contribution >= 4 is 41.7 Å². The zero-order valence-electron chi connectivity index (χ0n) is 18.7. The first-order valence-corrected chi connectivity index (χ1v) is 11.2. The van der Waals surface area contributed by atoms with E-state index in [9.17, 15) is 9.18 Å². The summed E-state index contributed by atoms with van der Waals surface area (Å²) in [4.78, 5) is 22.1. The van der Waals surface area contributed by atoms with E-state index in [0.29, 0.717) is 25.4 Å². The van der Waals surface area contributed by atoms with Crippen LogP contribution in [0.2, 0.25) is 0 Å². The fraction of sp³-hybridized carbons (Fsp3) is 0.682. The topological polar surface area (TPSA) is 78.8 Å². The van der Waals surface area contributed by atoms with Gasteiger partial charge in [-0.15, -0.1) is 24.0 Å². The van der Waals surface area contributed by atoms with E-state index in [4.69, 9.17) is 4.74 Å². The Morgan fingerprint density at radius 3 is 2.81 bits per heavy atom. The third-order valence-electron chi connectivity index (χ3n) is 5.03. The summed E-state index contributed by atoms with van der Waals surface area (Å²) in [6.07, 6.45) is 8.22. The van der Waals surface area contributed by atoms with Crippen LogP contribution in [0, 0.1) is 5.82 Å². The molecule has 0 saturated carbocycles. The summed E-state index contributed by atoms with van der Waals surface area (Å²) < 4.78 is 18.9. The molecule has 0 radical (unpaired) electrons. The largest absolute Gasteiger partial charge is 0.466 e. The minimum Gasteiger partial charge on any atom is -0.466 e.